The van der Waals surface area contributed by atoms with Crippen LogP contribution in [0.3, 0.4) is 0 Å². The van der Waals surface area contributed by atoms with Crippen LogP contribution in [0, 0.1) is 5.92 Å². The number of nitrogens with one attached hydrogen (secondary N) is 1. The topological polar surface area (TPSA) is 46.2 Å². The molecule has 0 rings (SSSR count). The second kappa shape index (κ2) is 6.01. The van der Waals surface area contributed by atoms with E-state index in [1.54, 1.807) is 0 Å². The first-order valence-corrected chi connectivity index (χ1v) is 8.02. The van der Waals surface area contributed by atoms with Crippen molar-refractivity contribution in [3.8, 4) is 0 Å². The van der Waals surface area contributed by atoms with Crippen molar-refractivity contribution in [1.82, 2.24) is 5.32 Å². The summed E-state index contributed by atoms with van der Waals surface area (Å²) in [6.45, 7) is 10.8. The van der Waals surface area contributed by atoms with Crippen molar-refractivity contribution < 1.29 is 8.42 Å². The summed E-state index contributed by atoms with van der Waals surface area (Å²) >= 11 is 0. The second-order valence-corrected chi connectivity index (χ2v) is 7.49. The third-order valence-electron chi connectivity index (χ3n) is 3.82. The Kier molecular flexibility index (Phi) is 5.98. The maximum absolute atomic E-state index is 11.9. The standard InChI is InChI=1S/C12H27NO2S/c1-7-12(8-2,16(6,14)15)9-13-11(5)10(3)4/h10-11,13H,7-9H2,1-6H3. The number of hydrogen-bond acceptors (Lipinski definition) is 3. The Morgan fingerprint density at radius 2 is 1.56 bits per heavy atom. The largest absolute Gasteiger partial charge is 0.312 e. The Hall–Kier alpha value is -0.0900. The van der Waals surface area contributed by atoms with E-state index in [4.69, 9.17) is 0 Å². The first-order chi connectivity index (χ1) is 7.20. The van der Waals surface area contributed by atoms with E-state index in [0.29, 0.717) is 31.3 Å². The summed E-state index contributed by atoms with van der Waals surface area (Å²) in [5.41, 5.74) is 0. The summed E-state index contributed by atoms with van der Waals surface area (Å²) in [7, 11) is -3.01. The predicted molar refractivity (Wildman–Crippen MR) is 70.5 cm³/mol. The molecule has 0 aromatic carbocycles. The van der Waals surface area contributed by atoms with Crippen molar-refractivity contribution >= 4 is 9.84 Å². The molecule has 0 bridgehead atoms. The fraction of sp³-hybridized carbons (Fsp3) is 1.00. The highest BCUT2D eigenvalue weighted by Crippen LogP contribution is 2.24. The van der Waals surface area contributed by atoms with Gasteiger partial charge in [-0.3, -0.25) is 0 Å². The molecule has 0 saturated heterocycles. The van der Waals surface area contributed by atoms with Crippen LogP contribution in [0.1, 0.15) is 47.5 Å². The summed E-state index contributed by atoms with van der Waals surface area (Å²) in [4.78, 5) is 0. The minimum atomic E-state index is -3.01. The third-order valence-corrected chi connectivity index (χ3v) is 6.12. The minimum absolute atomic E-state index is 0.347. The molecule has 0 amide bonds. The zero-order valence-corrected chi connectivity index (χ0v) is 12.3. The van der Waals surface area contributed by atoms with Crippen molar-refractivity contribution in [1.29, 1.82) is 0 Å². The first kappa shape index (κ1) is 15.9. The summed E-state index contributed by atoms with van der Waals surface area (Å²) in [5, 5.41) is 3.35. The molecule has 0 heterocycles. The molecular weight excluding hydrogens is 222 g/mol. The average Bonchev–Trinajstić information content (AvgIpc) is 2.17. The first-order valence-electron chi connectivity index (χ1n) is 6.13. The monoisotopic (exact) mass is 249 g/mol. The highest BCUT2D eigenvalue weighted by atomic mass is 32.2. The molecule has 0 radical (unpaired) electrons. The van der Waals surface area contributed by atoms with Crippen LogP contribution in [-0.2, 0) is 9.84 Å². The average molecular weight is 249 g/mol. The second-order valence-electron chi connectivity index (χ2n) is 5.08. The molecule has 16 heavy (non-hydrogen) atoms. The van der Waals surface area contributed by atoms with Gasteiger partial charge in [0.05, 0.1) is 4.75 Å². The zero-order chi connectivity index (χ0) is 13.0. The molecular formula is C12H27NO2S. The van der Waals surface area contributed by atoms with Gasteiger partial charge in [0.2, 0.25) is 0 Å². The van der Waals surface area contributed by atoms with Gasteiger partial charge in [-0.2, -0.15) is 0 Å². The molecule has 0 aliphatic heterocycles. The molecule has 0 aliphatic rings. The molecule has 0 aromatic rings. The summed E-state index contributed by atoms with van der Waals surface area (Å²) in [6, 6.07) is 0.347. The summed E-state index contributed by atoms with van der Waals surface area (Å²) in [6.07, 6.45) is 2.68. The van der Waals surface area contributed by atoms with Crippen LogP contribution in [-0.4, -0.2) is 32.0 Å². The van der Waals surface area contributed by atoms with Crippen LogP contribution in [0.25, 0.3) is 0 Å². The number of sulfone groups is 1. The van der Waals surface area contributed by atoms with E-state index in [9.17, 15) is 8.42 Å². The Morgan fingerprint density at radius 1 is 1.12 bits per heavy atom. The maximum atomic E-state index is 11.9. The number of hydrogen-bond donors (Lipinski definition) is 1. The highest BCUT2D eigenvalue weighted by Gasteiger charge is 2.37. The highest BCUT2D eigenvalue weighted by molar-refractivity contribution is 7.92. The van der Waals surface area contributed by atoms with E-state index < -0.39 is 14.6 Å². The lowest BCUT2D eigenvalue weighted by Crippen LogP contribution is -2.49. The van der Waals surface area contributed by atoms with Gasteiger partial charge < -0.3 is 5.32 Å². The van der Waals surface area contributed by atoms with Gasteiger partial charge in [0, 0.05) is 18.8 Å². The van der Waals surface area contributed by atoms with E-state index in [0.717, 1.165) is 0 Å². The van der Waals surface area contributed by atoms with E-state index in [1.165, 1.54) is 6.26 Å². The predicted octanol–water partition coefficient (Wildman–Crippen LogP) is 2.22. The SMILES string of the molecule is CCC(CC)(CNC(C)C(C)C)S(C)(=O)=O. The molecule has 0 saturated carbocycles. The molecule has 4 heteroatoms. The molecule has 98 valence electrons. The van der Waals surface area contributed by atoms with Gasteiger partial charge in [0.25, 0.3) is 0 Å². The molecule has 1 atom stereocenters. The van der Waals surface area contributed by atoms with Crippen LogP contribution >= 0.6 is 0 Å². The minimum Gasteiger partial charge on any atom is -0.312 e. The Labute approximate surface area is 101 Å². The maximum Gasteiger partial charge on any atom is 0.154 e. The molecule has 1 unspecified atom stereocenters. The van der Waals surface area contributed by atoms with Gasteiger partial charge in [-0.05, 0) is 25.7 Å². The van der Waals surface area contributed by atoms with E-state index in [1.807, 2.05) is 13.8 Å². The van der Waals surface area contributed by atoms with Gasteiger partial charge in [-0.15, -0.1) is 0 Å². The van der Waals surface area contributed by atoms with Crippen LogP contribution in [0.4, 0.5) is 0 Å². The third kappa shape index (κ3) is 3.74. The summed E-state index contributed by atoms with van der Waals surface area (Å²) in [5.74, 6) is 0.519. The lowest BCUT2D eigenvalue weighted by Gasteiger charge is -2.32. The lowest BCUT2D eigenvalue weighted by molar-refractivity contribution is 0.377. The molecule has 0 aliphatic carbocycles. The van der Waals surface area contributed by atoms with E-state index in [-0.39, 0.29) is 0 Å². The Balaban J connectivity index is 4.72. The Morgan fingerprint density at radius 3 is 1.81 bits per heavy atom. The van der Waals surface area contributed by atoms with Crippen molar-refractivity contribution in [2.24, 2.45) is 5.92 Å². The molecule has 1 N–H and O–H groups in total. The molecule has 0 aromatic heterocycles. The van der Waals surface area contributed by atoms with Gasteiger partial charge >= 0.3 is 0 Å². The fourth-order valence-electron chi connectivity index (χ4n) is 1.74. The van der Waals surface area contributed by atoms with E-state index >= 15 is 0 Å². The van der Waals surface area contributed by atoms with Crippen molar-refractivity contribution in [2.75, 3.05) is 12.8 Å². The number of rotatable bonds is 7. The van der Waals surface area contributed by atoms with Gasteiger partial charge in [0.15, 0.2) is 9.84 Å². The van der Waals surface area contributed by atoms with Crippen LogP contribution < -0.4 is 5.32 Å². The smallest absolute Gasteiger partial charge is 0.154 e. The van der Waals surface area contributed by atoms with Crippen LogP contribution in [0.15, 0.2) is 0 Å². The normalized spacial score (nSPS) is 15.4. The van der Waals surface area contributed by atoms with Crippen molar-refractivity contribution in [3.05, 3.63) is 0 Å². The molecule has 0 fully saturated rings. The molecule has 0 spiro atoms. The van der Waals surface area contributed by atoms with Gasteiger partial charge in [-0.1, -0.05) is 27.7 Å². The molecule has 3 nitrogen and oxygen atoms in total. The van der Waals surface area contributed by atoms with Crippen molar-refractivity contribution in [3.63, 3.8) is 0 Å². The van der Waals surface area contributed by atoms with Crippen LogP contribution in [0.2, 0.25) is 0 Å². The van der Waals surface area contributed by atoms with Gasteiger partial charge in [-0.25, -0.2) is 8.42 Å². The fourth-order valence-corrected chi connectivity index (χ4v) is 3.13. The van der Waals surface area contributed by atoms with Crippen LogP contribution in [0.5, 0.6) is 0 Å². The Bertz CT molecular complexity index is 292. The zero-order valence-electron chi connectivity index (χ0n) is 11.5. The lowest BCUT2D eigenvalue weighted by atomic mass is 10.00. The summed E-state index contributed by atoms with van der Waals surface area (Å²) < 4.78 is 23.1. The van der Waals surface area contributed by atoms with E-state index in [2.05, 4.69) is 26.1 Å². The quantitative estimate of drug-likeness (QED) is 0.752. The van der Waals surface area contributed by atoms with Gasteiger partial charge in [0.1, 0.15) is 0 Å². The van der Waals surface area contributed by atoms with Crippen molar-refractivity contribution in [2.45, 2.75) is 58.2 Å².